The molecule has 0 unspecified atom stereocenters. The normalized spacial score (nSPS) is 13.9. The molecular weight excluding hydrogens is 231 g/mol. The summed E-state index contributed by atoms with van der Waals surface area (Å²) >= 11 is 0. The second-order valence-corrected chi connectivity index (χ2v) is 3.74. The van der Waals surface area contributed by atoms with Gasteiger partial charge in [-0.25, -0.2) is 0 Å². The molecule has 2 nitrogen and oxygen atoms in total. The van der Waals surface area contributed by atoms with E-state index in [1.54, 1.807) is 30.3 Å². The molecule has 1 N–H and O–H groups in total. The first-order valence-corrected chi connectivity index (χ1v) is 5.06. The monoisotopic (exact) mass is 241 g/mol. The molecule has 1 aromatic heterocycles. The van der Waals surface area contributed by atoms with Gasteiger partial charge in [0, 0.05) is 18.0 Å². The Hall–Kier alpha value is -1.62. The summed E-state index contributed by atoms with van der Waals surface area (Å²) in [6, 6.07) is 8.74. The summed E-state index contributed by atoms with van der Waals surface area (Å²) in [5.41, 5.74) is 0.257. The van der Waals surface area contributed by atoms with E-state index in [1.165, 1.54) is 6.20 Å². The minimum Gasteiger partial charge on any atom is -0.383 e. The minimum atomic E-state index is -4.61. The van der Waals surface area contributed by atoms with E-state index in [0.717, 1.165) is 5.39 Å². The lowest BCUT2D eigenvalue weighted by molar-refractivity contribution is -0.203. The van der Waals surface area contributed by atoms with E-state index in [1.807, 2.05) is 0 Å². The summed E-state index contributed by atoms with van der Waals surface area (Å²) < 4.78 is 36.8. The van der Waals surface area contributed by atoms with E-state index < -0.39 is 18.7 Å². The highest BCUT2D eigenvalue weighted by Crippen LogP contribution is 2.25. The molecule has 5 heteroatoms. The molecule has 1 aromatic carbocycles. The number of nitrogens with zero attached hydrogens (tertiary/aromatic N) is 1. The van der Waals surface area contributed by atoms with E-state index in [4.69, 9.17) is 5.11 Å². The maximum atomic E-state index is 12.3. The largest absolute Gasteiger partial charge is 0.414 e. The second-order valence-electron chi connectivity index (χ2n) is 3.74. The van der Waals surface area contributed by atoms with Crippen LogP contribution in [0.4, 0.5) is 13.2 Å². The van der Waals surface area contributed by atoms with Gasteiger partial charge in [0.25, 0.3) is 0 Å². The summed E-state index contributed by atoms with van der Waals surface area (Å²) in [5, 5.41) is 10.5. The smallest absolute Gasteiger partial charge is 0.383 e. The predicted molar refractivity (Wildman–Crippen MR) is 57.5 cm³/mol. The van der Waals surface area contributed by atoms with Gasteiger partial charge in [-0.3, -0.25) is 4.98 Å². The van der Waals surface area contributed by atoms with Crippen molar-refractivity contribution in [3.05, 3.63) is 42.2 Å². The molecule has 2 rings (SSSR count). The lowest BCUT2D eigenvalue weighted by atomic mass is 10.1. The highest BCUT2D eigenvalue weighted by molar-refractivity contribution is 5.84. The van der Waals surface area contributed by atoms with E-state index in [0.29, 0.717) is 5.39 Å². The Kier molecular flexibility index (Phi) is 3.02. The molecule has 2 aromatic rings. The van der Waals surface area contributed by atoms with Gasteiger partial charge >= 0.3 is 6.18 Å². The fourth-order valence-corrected chi connectivity index (χ4v) is 1.64. The van der Waals surface area contributed by atoms with Crippen molar-refractivity contribution in [2.75, 3.05) is 0 Å². The zero-order valence-electron chi connectivity index (χ0n) is 8.78. The first-order valence-electron chi connectivity index (χ1n) is 5.06. The SMILES string of the molecule is O[C@@H](Cc1nccc2ccccc12)C(F)(F)F. The molecule has 0 radical (unpaired) electrons. The number of aliphatic hydroxyl groups is 1. The summed E-state index contributed by atoms with van der Waals surface area (Å²) in [5.74, 6) is 0. The molecule has 17 heavy (non-hydrogen) atoms. The van der Waals surface area contributed by atoms with Crippen molar-refractivity contribution in [1.29, 1.82) is 0 Å². The van der Waals surface area contributed by atoms with Crippen molar-refractivity contribution in [2.45, 2.75) is 18.7 Å². The van der Waals surface area contributed by atoms with Gasteiger partial charge in [0.15, 0.2) is 6.10 Å². The van der Waals surface area contributed by atoms with Crippen molar-refractivity contribution in [3.8, 4) is 0 Å². The number of halogens is 3. The minimum absolute atomic E-state index is 0.257. The van der Waals surface area contributed by atoms with E-state index >= 15 is 0 Å². The maximum absolute atomic E-state index is 12.3. The first kappa shape index (κ1) is 11.9. The molecule has 1 heterocycles. The van der Waals surface area contributed by atoms with Gasteiger partial charge in [0.1, 0.15) is 0 Å². The van der Waals surface area contributed by atoms with Crippen LogP contribution in [0.15, 0.2) is 36.5 Å². The Bertz CT molecular complexity index is 519. The van der Waals surface area contributed by atoms with Gasteiger partial charge in [0.05, 0.1) is 5.69 Å². The standard InChI is InChI=1S/C12H10F3NO/c13-12(14,15)11(17)7-10-9-4-2-1-3-8(9)5-6-16-10/h1-6,11,17H,7H2/t11-/m0/s1. The molecule has 0 saturated carbocycles. The van der Waals surface area contributed by atoms with Crippen molar-refractivity contribution in [2.24, 2.45) is 0 Å². The number of pyridine rings is 1. The van der Waals surface area contributed by atoms with Crippen molar-refractivity contribution in [1.82, 2.24) is 4.98 Å². The lowest BCUT2D eigenvalue weighted by Crippen LogP contribution is -2.30. The molecule has 90 valence electrons. The number of hydrogen-bond acceptors (Lipinski definition) is 2. The van der Waals surface area contributed by atoms with E-state index in [-0.39, 0.29) is 5.69 Å². The Morgan fingerprint density at radius 3 is 2.59 bits per heavy atom. The quantitative estimate of drug-likeness (QED) is 0.876. The van der Waals surface area contributed by atoms with Crippen LogP contribution in [0.2, 0.25) is 0 Å². The summed E-state index contributed by atoms with van der Waals surface area (Å²) in [7, 11) is 0. The van der Waals surface area contributed by atoms with Crippen LogP contribution < -0.4 is 0 Å². The number of aliphatic hydroxyl groups excluding tert-OH is 1. The molecule has 0 fully saturated rings. The number of alkyl halides is 3. The van der Waals surface area contributed by atoms with Crippen LogP contribution >= 0.6 is 0 Å². The van der Waals surface area contributed by atoms with E-state index in [9.17, 15) is 13.2 Å². The molecule has 1 atom stereocenters. The van der Waals surface area contributed by atoms with Crippen LogP contribution in [0.5, 0.6) is 0 Å². The fraction of sp³-hybridized carbons (Fsp3) is 0.250. The molecule has 0 aliphatic carbocycles. The van der Waals surface area contributed by atoms with Crippen LogP contribution in [-0.4, -0.2) is 22.4 Å². The third-order valence-corrected chi connectivity index (χ3v) is 2.52. The van der Waals surface area contributed by atoms with Crippen LogP contribution in [0, 0.1) is 0 Å². The molecular formula is C12H10F3NO. The number of rotatable bonds is 2. The van der Waals surface area contributed by atoms with Gasteiger partial charge in [-0.1, -0.05) is 24.3 Å². The second kappa shape index (κ2) is 4.33. The third kappa shape index (κ3) is 2.55. The van der Waals surface area contributed by atoms with Crippen LogP contribution in [-0.2, 0) is 6.42 Å². The van der Waals surface area contributed by atoms with Crippen molar-refractivity contribution < 1.29 is 18.3 Å². The Labute approximate surface area is 95.7 Å². The van der Waals surface area contributed by atoms with Gasteiger partial charge in [-0.05, 0) is 11.5 Å². The molecule has 0 bridgehead atoms. The molecule has 0 aliphatic rings. The van der Waals surface area contributed by atoms with Gasteiger partial charge < -0.3 is 5.11 Å². The molecule has 0 aliphatic heterocycles. The van der Waals surface area contributed by atoms with Crippen LogP contribution in [0.3, 0.4) is 0 Å². The summed E-state index contributed by atoms with van der Waals surface area (Å²) in [6.07, 6.45) is -6.06. The predicted octanol–water partition coefficient (Wildman–Crippen LogP) is 2.70. The van der Waals surface area contributed by atoms with Crippen LogP contribution in [0.1, 0.15) is 5.69 Å². The average Bonchev–Trinajstić information content (AvgIpc) is 2.28. The van der Waals surface area contributed by atoms with Gasteiger partial charge in [-0.15, -0.1) is 0 Å². The Balaban J connectivity index is 2.36. The molecule has 0 spiro atoms. The Morgan fingerprint density at radius 2 is 1.88 bits per heavy atom. The summed E-state index contributed by atoms with van der Waals surface area (Å²) in [4.78, 5) is 3.90. The van der Waals surface area contributed by atoms with Gasteiger partial charge in [-0.2, -0.15) is 13.2 Å². The zero-order chi connectivity index (χ0) is 12.5. The van der Waals surface area contributed by atoms with Gasteiger partial charge in [0.2, 0.25) is 0 Å². The Morgan fingerprint density at radius 1 is 1.18 bits per heavy atom. The lowest BCUT2D eigenvalue weighted by Gasteiger charge is -2.14. The number of aromatic nitrogens is 1. The topological polar surface area (TPSA) is 33.1 Å². The van der Waals surface area contributed by atoms with Crippen molar-refractivity contribution in [3.63, 3.8) is 0 Å². The maximum Gasteiger partial charge on any atom is 0.414 e. The zero-order valence-corrected chi connectivity index (χ0v) is 8.78. The molecule has 0 amide bonds. The van der Waals surface area contributed by atoms with Crippen molar-refractivity contribution >= 4 is 10.8 Å². The third-order valence-electron chi connectivity index (χ3n) is 2.52. The highest BCUT2D eigenvalue weighted by Gasteiger charge is 2.38. The van der Waals surface area contributed by atoms with Crippen LogP contribution in [0.25, 0.3) is 10.8 Å². The number of hydrogen-bond donors (Lipinski definition) is 1. The number of fused-ring (bicyclic) bond motifs is 1. The fourth-order valence-electron chi connectivity index (χ4n) is 1.64. The highest BCUT2D eigenvalue weighted by atomic mass is 19.4. The first-order chi connectivity index (χ1) is 7.98. The number of benzene rings is 1. The molecule has 0 saturated heterocycles. The average molecular weight is 241 g/mol. The van der Waals surface area contributed by atoms with E-state index in [2.05, 4.69) is 4.98 Å². The summed E-state index contributed by atoms with van der Waals surface area (Å²) in [6.45, 7) is 0.